The van der Waals surface area contributed by atoms with Gasteiger partial charge in [-0.25, -0.2) is 0 Å². The lowest BCUT2D eigenvalue weighted by molar-refractivity contribution is 0.326. The van der Waals surface area contributed by atoms with E-state index >= 15 is 0 Å². The van der Waals surface area contributed by atoms with Gasteiger partial charge >= 0.3 is 0 Å². The highest BCUT2D eigenvalue weighted by atomic mass is 79.9. The summed E-state index contributed by atoms with van der Waals surface area (Å²) in [4.78, 5) is 2.60. The van der Waals surface area contributed by atoms with Gasteiger partial charge in [0.2, 0.25) is 0 Å². The van der Waals surface area contributed by atoms with Crippen LogP contribution in [0.1, 0.15) is 19.3 Å². The molecule has 2 fully saturated rings. The fourth-order valence-electron chi connectivity index (χ4n) is 2.56. The first-order valence-corrected chi connectivity index (χ1v) is 7.07. The predicted octanol–water partition coefficient (Wildman–Crippen LogP) is 2.68. The van der Waals surface area contributed by atoms with Gasteiger partial charge in [-0.15, -0.1) is 0 Å². The molecule has 92 valence electrons. The van der Waals surface area contributed by atoms with Gasteiger partial charge in [-0.2, -0.15) is 0 Å². The fraction of sp³-hybridized carbons (Fsp3) is 0.538. The van der Waals surface area contributed by atoms with Crippen LogP contribution in [0.25, 0.3) is 0 Å². The summed E-state index contributed by atoms with van der Waals surface area (Å²) in [5.41, 5.74) is 7.89. The number of likely N-dealkylation sites (tertiary alicyclic amines) is 1. The van der Waals surface area contributed by atoms with Gasteiger partial charge in [-0.3, -0.25) is 4.90 Å². The molecule has 2 aliphatic rings. The van der Waals surface area contributed by atoms with Gasteiger partial charge in [0.05, 0.1) is 11.4 Å². The number of hydrogen-bond acceptors (Lipinski definition) is 3. The van der Waals surface area contributed by atoms with Crippen LogP contribution in [0.3, 0.4) is 0 Å². The van der Waals surface area contributed by atoms with Crippen molar-refractivity contribution in [1.29, 1.82) is 0 Å². The molecule has 1 aromatic rings. The topological polar surface area (TPSA) is 41.3 Å². The van der Waals surface area contributed by atoms with E-state index in [1.54, 1.807) is 0 Å². The molecule has 0 aromatic heterocycles. The van der Waals surface area contributed by atoms with E-state index in [0.29, 0.717) is 6.04 Å². The van der Waals surface area contributed by atoms with Crippen molar-refractivity contribution in [3.63, 3.8) is 0 Å². The summed E-state index contributed by atoms with van der Waals surface area (Å²) < 4.78 is 1.03. The minimum absolute atomic E-state index is 0.555. The van der Waals surface area contributed by atoms with E-state index in [-0.39, 0.29) is 0 Å². The maximum absolute atomic E-state index is 6.00. The molecule has 17 heavy (non-hydrogen) atoms. The number of nitrogens with zero attached hydrogens (tertiary/aromatic N) is 1. The van der Waals surface area contributed by atoms with Crippen LogP contribution in [0.2, 0.25) is 0 Å². The molecule has 0 spiro atoms. The Morgan fingerprint density at radius 2 is 2.12 bits per heavy atom. The SMILES string of the molecule is Nc1cc(Br)ccc1NC1CCN(C2CC2)C1. The van der Waals surface area contributed by atoms with E-state index in [1.807, 2.05) is 12.1 Å². The largest absolute Gasteiger partial charge is 0.397 e. The number of anilines is 2. The number of halogens is 1. The fourth-order valence-corrected chi connectivity index (χ4v) is 2.94. The van der Waals surface area contributed by atoms with Crippen LogP contribution in [0, 0.1) is 0 Å². The molecule has 3 rings (SSSR count). The molecule has 1 saturated carbocycles. The molecular weight excluding hydrogens is 278 g/mol. The highest BCUT2D eigenvalue weighted by molar-refractivity contribution is 9.10. The van der Waals surface area contributed by atoms with E-state index in [4.69, 9.17) is 5.73 Å². The maximum Gasteiger partial charge on any atom is 0.0577 e. The first-order valence-electron chi connectivity index (χ1n) is 6.28. The molecule has 0 radical (unpaired) electrons. The monoisotopic (exact) mass is 295 g/mol. The molecule has 1 aliphatic heterocycles. The minimum Gasteiger partial charge on any atom is -0.397 e. The van der Waals surface area contributed by atoms with Gasteiger partial charge in [0, 0.05) is 29.6 Å². The first kappa shape index (κ1) is 11.4. The van der Waals surface area contributed by atoms with Crippen molar-refractivity contribution in [1.82, 2.24) is 4.90 Å². The number of benzene rings is 1. The normalized spacial score (nSPS) is 25.1. The Balaban J connectivity index is 1.63. The summed E-state index contributed by atoms with van der Waals surface area (Å²) in [6.07, 6.45) is 4.02. The van der Waals surface area contributed by atoms with Gasteiger partial charge in [-0.1, -0.05) is 15.9 Å². The lowest BCUT2D eigenvalue weighted by Gasteiger charge is -2.17. The van der Waals surface area contributed by atoms with Gasteiger partial charge in [0.15, 0.2) is 0 Å². The van der Waals surface area contributed by atoms with Crippen molar-refractivity contribution in [3.8, 4) is 0 Å². The van der Waals surface area contributed by atoms with Gasteiger partial charge in [0.1, 0.15) is 0 Å². The van der Waals surface area contributed by atoms with Crippen LogP contribution in [0.5, 0.6) is 0 Å². The predicted molar refractivity (Wildman–Crippen MR) is 75.2 cm³/mol. The molecule has 3 nitrogen and oxygen atoms in total. The second kappa shape index (κ2) is 4.50. The molecule has 1 aliphatic carbocycles. The maximum atomic E-state index is 6.00. The number of nitrogen functional groups attached to an aromatic ring is 1. The summed E-state index contributed by atoms with van der Waals surface area (Å²) in [7, 11) is 0. The second-order valence-electron chi connectivity index (χ2n) is 5.09. The Labute approximate surface area is 110 Å². The van der Waals surface area contributed by atoms with Crippen molar-refractivity contribution in [2.75, 3.05) is 24.1 Å². The Morgan fingerprint density at radius 3 is 2.82 bits per heavy atom. The van der Waals surface area contributed by atoms with Crippen LogP contribution in [-0.4, -0.2) is 30.1 Å². The highest BCUT2D eigenvalue weighted by Gasteiger charge is 2.34. The minimum atomic E-state index is 0.555. The summed E-state index contributed by atoms with van der Waals surface area (Å²) in [5, 5.41) is 3.56. The molecule has 4 heteroatoms. The summed E-state index contributed by atoms with van der Waals surface area (Å²) in [6, 6.07) is 7.48. The summed E-state index contributed by atoms with van der Waals surface area (Å²) in [5.74, 6) is 0. The second-order valence-corrected chi connectivity index (χ2v) is 6.00. The molecule has 1 saturated heterocycles. The Morgan fingerprint density at radius 1 is 1.29 bits per heavy atom. The Kier molecular flexibility index (Phi) is 3.01. The quantitative estimate of drug-likeness (QED) is 0.843. The summed E-state index contributed by atoms with van der Waals surface area (Å²) in [6.45, 7) is 2.40. The van der Waals surface area contributed by atoms with Crippen molar-refractivity contribution in [2.45, 2.75) is 31.3 Å². The standard InChI is InChI=1S/C13H18BrN3/c14-9-1-4-13(12(15)7-9)16-10-5-6-17(8-10)11-2-3-11/h1,4,7,10-11,16H,2-3,5-6,8,15H2. The zero-order chi connectivity index (χ0) is 11.8. The lowest BCUT2D eigenvalue weighted by atomic mass is 10.2. The van der Waals surface area contributed by atoms with Crippen LogP contribution in [-0.2, 0) is 0 Å². The van der Waals surface area contributed by atoms with Crippen molar-refractivity contribution >= 4 is 27.3 Å². The van der Waals surface area contributed by atoms with Crippen LogP contribution >= 0.6 is 15.9 Å². The van der Waals surface area contributed by atoms with Gasteiger partial charge in [-0.05, 0) is 37.5 Å². The van der Waals surface area contributed by atoms with Crippen molar-refractivity contribution < 1.29 is 0 Å². The van der Waals surface area contributed by atoms with Crippen LogP contribution in [0.4, 0.5) is 11.4 Å². The molecule has 3 N–H and O–H groups in total. The van der Waals surface area contributed by atoms with Gasteiger partial charge < -0.3 is 11.1 Å². The average molecular weight is 296 g/mol. The third-order valence-electron chi connectivity index (χ3n) is 3.66. The molecule has 1 unspecified atom stereocenters. The number of rotatable bonds is 3. The van der Waals surface area contributed by atoms with E-state index in [9.17, 15) is 0 Å². The molecule has 0 amide bonds. The third-order valence-corrected chi connectivity index (χ3v) is 4.15. The van der Waals surface area contributed by atoms with Gasteiger partial charge in [0.25, 0.3) is 0 Å². The third kappa shape index (κ3) is 2.58. The van der Waals surface area contributed by atoms with E-state index in [0.717, 1.165) is 21.9 Å². The van der Waals surface area contributed by atoms with Crippen molar-refractivity contribution in [3.05, 3.63) is 22.7 Å². The molecule has 0 bridgehead atoms. The molecule has 1 heterocycles. The zero-order valence-electron chi connectivity index (χ0n) is 9.82. The Bertz CT molecular complexity index is 417. The van der Waals surface area contributed by atoms with E-state index < -0.39 is 0 Å². The first-order chi connectivity index (χ1) is 8.22. The van der Waals surface area contributed by atoms with Crippen LogP contribution in [0.15, 0.2) is 22.7 Å². The summed E-state index contributed by atoms with van der Waals surface area (Å²) >= 11 is 3.43. The molecular formula is C13H18BrN3. The number of hydrogen-bond donors (Lipinski definition) is 2. The lowest BCUT2D eigenvalue weighted by Crippen LogP contribution is -2.27. The zero-order valence-corrected chi connectivity index (χ0v) is 11.4. The number of nitrogens with two attached hydrogens (primary N) is 1. The smallest absolute Gasteiger partial charge is 0.0577 e. The Hall–Kier alpha value is -0.740. The average Bonchev–Trinajstić information content (AvgIpc) is 3.04. The van der Waals surface area contributed by atoms with Crippen molar-refractivity contribution in [2.24, 2.45) is 0 Å². The van der Waals surface area contributed by atoms with Crippen LogP contribution < -0.4 is 11.1 Å². The van der Waals surface area contributed by atoms with E-state index in [1.165, 1.54) is 32.4 Å². The highest BCUT2D eigenvalue weighted by Crippen LogP contribution is 2.31. The number of nitrogens with one attached hydrogen (secondary N) is 1. The van der Waals surface area contributed by atoms with E-state index in [2.05, 4.69) is 32.2 Å². The molecule has 1 aromatic carbocycles. The molecule has 1 atom stereocenters.